The molecule has 1 aromatic carbocycles. The summed E-state index contributed by atoms with van der Waals surface area (Å²) in [6, 6.07) is 8.04. The Hall–Kier alpha value is -1.57. The molecule has 0 unspecified atom stereocenters. The molecular formula is C13H18N4. The minimum atomic E-state index is 0.744. The minimum Gasteiger partial charge on any atom is -0.319 e. The van der Waals surface area contributed by atoms with Gasteiger partial charge in [0.05, 0.1) is 11.6 Å². The fourth-order valence-electron chi connectivity index (χ4n) is 1.96. The average Bonchev–Trinajstić information content (AvgIpc) is 2.32. The first kappa shape index (κ1) is 11.9. The van der Waals surface area contributed by atoms with Crippen molar-refractivity contribution in [2.24, 2.45) is 0 Å². The summed E-state index contributed by atoms with van der Waals surface area (Å²) in [6.45, 7) is 6.18. The molecule has 1 fully saturated rings. The predicted molar refractivity (Wildman–Crippen MR) is 68.6 cm³/mol. The first-order valence-electron chi connectivity index (χ1n) is 5.90. The first-order valence-corrected chi connectivity index (χ1v) is 5.90. The van der Waals surface area contributed by atoms with Gasteiger partial charge < -0.3 is 10.3 Å². The molecule has 1 aliphatic heterocycles. The Bertz CT molecular complexity index is 428. The number of anilines is 1. The number of hydrogen-bond acceptors (Lipinski definition) is 4. The monoisotopic (exact) mass is 230 g/mol. The highest BCUT2D eigenvalue weighted by Crippen LogP contribution is 2.15. The van der Waals surface area contributed by atoms with Crippen LogP contribution in [0.2, 0.25) is 0 Å². The Balaban J connectivity index is 2.00. The number of nitrogens with one attached hydrogen (secondary N) is 1. The van der Waals surface area contributed by atoms with E-state index in [1.54, 1.807) is 0 Å². The molecule has 4 heteroatoms. The largest absolute Gasteiger partial charge is 0.319 e. The third kappa shape index (κ3) is 2.96. The standard InChI is InChI=1S/C13H18N4/c1-11-9-13(4-3-12(11)10-14)15-17-7-5-16(2)6-8-17/h3-4,9,15H,5-8H2,1-2H3. The normalized spacial score (nSPS) is 17.7. The lowest BCUT2D eigenvalue weighted by atomic mass is 10.1. The Morgan fingerprint density at radius 2 is 1.94 bits per heavy atom. The number of nitrogens with zero attached hydrogens (tertiary/aromatic N) is 3. The molecule has 0 aromatic heterocycles. The molecule has 1 aliphatic rings. The third-order valence-corrected chi connectivity index (χ3v) is 3.14. The molecule has 0 atom stereocenters. The highest BCUT2D eigenvalue weighted by atomic mass is 15.5. The summed E-state index contributed by atoms with van der Waals surface area (Å²) in [7, 11) is 2.14. The van der Waals surface area contributed by atoms with Crippen molar-refractivity contribution in [2.75, 3.05) is 38.7 Å². The lowest BCUT2D eigenvalue weighted by molar-refractivity contribution is 0.179. The molecule has 0 bridgehead atoms. The summed E-state index contributed by atoms with van der Waals surface area (Å²) in [5.41, 5.74) is 6.22. The Morgan fingerprint density at radius 3 is 2.53 bits per heavy atom. The summed E-state index contributed by atoms with van der Waals surface area (Å²) >= 11 is 0. The number of rotatable bonds is 2. The van der Waals surface area contributed by atoms with Crippen LogP contribution in [-0.2, 0) is 0 Å². The van der Waals surface area contributed by atoms with Crippen molar-refractivity contribution >= 4 is 5.69 Å². The van der Waals surface area contributed by atoms with Crippen molar-refractivity contribution in [3.05, 3.63) is 29.3 Å². The lowest BCUT2D eigenvalue weighted by Gasteiger charge is -2.33. The molecule has 1 saturated heterocycles. The molecule has 90 valence electrons. The van der Waals surface area contributed by atoms with Crippen LogP contribution in [0, 0.1) is 18.3 Å². The van der Waals surface area contributed by atoms with Gasteiger partial charge in [-0.3, -0.25) is 0 Å². The molecule has 1 N–H and O–H groups in total. The molecule has 4 nitrogen and oxygen atoms in total. The van der Waals surface area contributed by atoms with Crippen LogP contribution in [0.4, 0.5) is 5.69 Å². The fourth-order valence-corrected chi connectivity index (χ4v) is 1.96. The van der Waals surface area contributed by atoms with Crippen LogP contribution in [-0.4, -0.2) is 43.1 Å². The van der Waals surface area contributed by atoms with Crippen LogP contribution >= 0.6 is 0 Å². The second-order valence-corrected chi connectivity index (χ2v) is 4.54. The summed E-state index contributed by atoms with van der Waals surface area (Å²) < 4.78 is 0. The van der Waals surface area contributed by atoms with E-state index in [1.165, 1.54) is 0 Å². The highest BCUT2D eigenvalue weighted by Gasteiger charge is 2.13. The third-order valence-electron chi connectivity index (χ3n) is 3.14. The number of likely N-dealkylation sites (N-methyl/N-ethyl adjacent to an activating group) is 1. The zero-order chi connectivity index (χ0) is 12.3. The van der Waals surface area contributed by atoms with Gasteiger partial charge in [0.25, 0.3) is 0 Å². The predicted octanol–water partition coefficient (Wildman–Crippen LogP) is 1.44. The van der Waals surface area contributed by atoms with Crippen molar-refractivity contribution in [3.63, 3.8) is 0 Å². The smallest absolute Gasteiger partial charge is 0.0994 e. The number of hydrogen-bond donors (Lipinski definition) is 1. The zero-order valence-electron chi connectivity index (χ0n) is 10.4. The number of benzene rings is 1. The SMILES string of the molecule is Cc1cc(NN2CCN(C)CC2)ccc1C#N. The van der Waals surface area contributed by atoms with Crippen molar-refractivity contribution in [3.8, 4) is 6.07 Å². The van der Waals surface area contributed by atoms with Crippen LogP contribution in [0.5, 0.6) is 0 Å². The first-order chi connectivity index (χ1) is 8.19. The maximum absolute atomic E-state index is 8.87. The van der Waals surface area contributed by atoms with E-state index in [0.717, 1.165) is 43.0 Å². The van der Waals surface area contributed by atoms with Gasteiger partial charge >= 0.3 is 0 Å². The van der Waals surface area contributed by atoms with Crippen LogP contribution < -0.4 is 5.43 Å². The van der Waals surface area contributed by atoms with Gasteiger partial charge in [0.15, 0.2) is 0 Å². The van der Waals surface area contributed by atoms with E-state index in [1.807, 2.05) is 25.1 Å². The molecule has 1 aromatic rings. The summed E-state index contributed by atoms with van der Waals surface area (Å²) in [4.78, 5) is 2.32. The van der Waals surface area contributed by atoms with Gasteiger partial charge in [0, 0.05) is 31.9 Å². The average molecular weight is 230 g/mol. The number of piperazine rings is 1. The van der Waals surface area contributed by atoms with E-state index >= 15 is 0 Å². The lowest BCUT2D eigenvalue weighted by Crippen LogP contribution is -2.46. The van der Waals surface area contributed by atoms with Crippen molar-refractivity contribution in [1.29, 1.82) is 5.26 Å². The van der Waals surface area contributed by atoms with E-state index in [-0.39, 0.29) is 0 Å². The van der Waals surface area contributed by atoms with Crippen LogP contribution in [0.3, 0.4) is 0 Å². The summed E-state index contributed by atoms with van der Waals surface area (Å²) in [5.74, 6) is 0. The molecule has 1 heterocycles. The van der Waals surface area contributed by atoms with Crippen LogP contribution in [0.25, 0.3) is 0 Å². The number of hydrazine groups is 1. The van der Waals surface area contributed by atoms with Gasteiger partial charge in [-0.2, -0.15) is 5.26 Å². The molecule has 0 saturated carbocycles. The number of nitriles is 1. The molecule has 0 amide bonds. The van der Waals surface area contributed by atoms with Crippen LogP contribution in [0.1, 0.15) is 11.1 Å². The van der Waals surface area contributed by atoms with E-state index in [9.17, 15) is 0 Å². The van der Waals surface area contributed by atoms with Gasteiger partial charge in [-0.25, -0.2) is 5.01 Å². The van der Waals surface area contributed by atoms with E-state index in [4.69, 9.17) is 5.26 Å². The Kier molecular flexibility index (Phi) is 3.62. The van der Waals surface area contributed by atoms with Gasteiger partial charge in [-0.05, 0) is 37.7 Å². The van der Waals surface area contributed by atoms with Gasteiger partial charge in [0.1, 0.15) is 0 Å². The molecule has 2 rings (SSSR count). The summed E-state index contributed by atoms with van der Waals surface area (Å²) in [6.07, 6.45) is 0. The Morgan fingerprint density at radius 1 is 1.24 bits per heavy atom. The molecule has 0 spiro atoms. The molecule has 0 radical (unpaired) electrons. The maximum Gasteiger partial charge on any atom is 0.0994 e. The Labute approximate surface area is 102 Å². The molecule has 0 aliphatic carbocycles. The fraction of sp³-hybridized carbons (Fsp3) is 0.462. The molecule has 17 heavy (non-hydrogen) atoms. The number of aryl methyl sites for hydroxylation is 1. The maximum atomic E-state index is 8.87. The second-order valence-electron chi connectivity index (χ2n) is 4.54. The van der Waals surface area contributed by atoms with Crippen LogP contribution in [0.15, 0.2) is 18.2 Å². The minimum absolute atomic E-state index is 0.744. The van der Waals surface area contributed by atoms with Gasteiger partial charge in [-0.1, -0.05) is 0 Å². The van der Waals surface area contributed by atoms with Gasteiger partial charge in [-0.15, -0.1) is 0 Å². The van der Waals surface area contributed by atoms with E-state index < -0.39 is 0 Å². The van der Waals surface area contributed by atoms with Gasteiger partial charge in [0.2, 0.25) is 0 Å². The second kappa shape index (κ2) is 5.17. The highest BCUT2D eigenvalue weighted by molar-refractivity contribution is 5.51. The zero-order valence-corrected chi connectivity index (χ0v) is 10.4. The summed E-state index contributed by atoms with van der Waals surface area (Å²) in [5, 5.41) is 11.1. The topological polar surface area (TPSA) is 42.3 Å². The van der Waals surface area contributed by atoms with Crippen molar-refractivity contribution < 1.29 is 0 Å². The van der Waals surface area contributed by atoms with E-state index in [0.29, 0.717) is 0 Å². The van der Waals surface area contributed by atoms with Crippen molar-refractivity contribution in [2.45, 2.75) is 6.92 Å². The van der Waals surface area contributed by atoms with Crippen molar-refractivity contribution in [1.82, 2.24) is 9.91 Å². The molecular weight excluding hydrogens is 212 g/mol. The van der Waals surface area contributed by atoms with E-state index in [2.05, 4.69) is 28.5 Å². The quantitative estimate of drug-likeness (QED) is 0.835.